The first-order valence-corrected chi connectivity index (χ1v) is 18.5. The van der Waals surface area contributed by atoms with Gasteiger partial charge in [0.2, 0.25) is 0 Å². The van der Waals surface area contributed by atoms with Crippen LogP contribution in [0.4, 0.5) is 5.00 Å². The topological polar surface area (TPSA) is 29.3 Å². The van der Waals surface area contributed by atoms with Crippen LogP contribution in [0.2, 0.25) is 0 Å². The van der Waals surface area contributed by atoms with Gasteiger partial charge >= 0.3 is 0 Å². The normalized spacial score (nSPS) is 18.2. The molecule has 4 heterocycles. The number of aliphatic imine (C=N–C) groups is 1. The Labute approximate surface area is 295 Å². The van der Waals surface area contributed by atoms with E-state index in [2.05, 4.69) is 156 Å². The third-order valence-corrected chi connectivity index (χ3v) is 11.4. The monoisotopic (exact) mass is 661 g/mol. The number of para-hydroxylation sites is 1. The quantitative estimate of drug-likeness (QED) is 0.200. The first-order chi connectivity index (χ1) is 24.8. The Kier molecular flexibility index (Phi) is 7.02. The molecule has 0 saturated carbocycles. The molecular formula is C46H35N3S. The number of hydrogen-bond donors (Lipinski definition) is 1. The second-order valence-electron chi connectivity index (χ2n) is 13.4. The lowest BCUT2D eigenvalue weighted by Gasteiger charge is -2.20. The van der Waals surface area contributed by atoms with Crippen molar-refractivity contribution in [3.8, 4) is 11.1 Å². The lowest BCUT2D eigenvalue weighted by Crippen LogP contribution is -2.18. The molecule has 3 aliphatic rings. The van der Waals surface area contributed by atoms with Crippen LogP contribution in [0, 0.1) is 0 Å². The molecule has 10 rings (SSSR count). The lowest BCUT2D eigenvalue weighted by molar-refractivity contribution is 0.964. The number of allylic oxidation sites excluding steroid dienone is 8. The van der Waals surface area contributed by atoms with Gasteiger partial charge in [-0.1, -0.05) is 109 Å². The van der Waals surface area contributed by atoms with Gasteiger partial charge in [0.25, 0.3) is 0 Å². The highest BCUT2D eigenvalue weighted by Gasteiger charge is 2.25. The number of aryl methyl sites for hydroxylation is 1. The van der Waals surface area contributed by atoms with Crippen molar-refractivity contribution in [1.82, 2.24) is 9.88 Å². The summed E-state index contributed by atoms with van der Waals surface area (Å²) in [7, 11) is 0. The minimum atomic E-state index is 0.820. The molecule has 2 aromatic heterocycles. The largest absolute Gasteiger partial charge is 0.387 e. The van der Waals surface area contributed by atoms with Crippen LogP contribution in [0.1, 0.15) is 30.4 Å². The highest BCUT2D eigenvalue weighted by Crippen LogP contribution is 2.46. The Morgan fingerprint density at radius 2 is 1.46 bits per heavy atom. The first-order valence-electron chi connectivity index (χ1n) is 17.6. The van der Waals surface area contributed by atoms with Crippen molar-refractivity contribution < 1.29 is 0 Å². The van der Waals surface area contributed by atoms with E-state index >= 15 is 0 Å². The molecule has 4 heteroatoms. The van der Waals surface area contributed by atoms with Gasteiger partial charge in [-0.05, 0) is 100 Å². The van der Waals surface area contributed by atoms with Crippen LogP contribution in [-0.2, 0) is 6.42 Å². The number of fused-ring (bicyclic) bond motifs is 7. The molecule has 2 aliphatic heterocycles. The van der Waals surface area contributed by atoms with Gasteiger partial charge in [-0.25, -0.2) is 4.99 Å². The van der Waals surface area contributed by atoms with E-state index < -0.39 is 0 Å². The van der Waals surface area contributed by atoms with Crippen LogP contribution in [0.3, 0.4) is 0 Å². The molecule has 5 aromatic carbocycles. The summed E-state index contributed by atoms with van der Waals surface area (Å²) < 4.78 is 3.75. The van der Waals surface area contributed by atoms with Crippen LogP contribution in [0.5, 0.6) is 0 Å². The van der Waals surface area contributed by atoms with Gasteiger partial charge < -0.3 is 9.88 Å². The van der Waals surface area contributed by atoms with Crippen molar-refractivity contribution >= 4 is 76.0 Å². The van der Waals surface area contributed by atoms with Crippen LogP contribution < -0.4 is 5.32 Å². The Balaban J connectivity index is 1.22. The van der Waals surface area contributed by atoms with Gasteiger partial charge in [-0.2, -0.15) is 0 Å². The number of dihydropyridines is 1. The molecule has 0 bridgehead atoms. The van der Waals surface area contributed by atoms with Gasteiger partial charge in [-0.15, -0.1) is 11.3 Å². The predicted molar refractivity (Wildman–Crippen MR) is 215 cm³/mol. The summed E-state index contributed by atoms with van der Waals surface area (Å²) in [5, 5.41) is 10.9. The smallest absolute Gasteiger partial charge is 0.121 e. The SMILES string of the molecule is C1=CC(c2cc3c4c(sc3cc2-c2ccccc2)/N=C(C2=CNCC=C2)\C(n2c3ccccc3c3cc5ccccc5cc32)=C/CC4)=CCC1. The van der Waals surface area contributed by atoms with Crippen molar-refractivity contribution in [1.29, 1.82) is 0 Å². The van der Waals surface area contributed by atoms with E-state index in [4.69, 9.17) is 4.99 Å². The fourth-order valence-electron chi connectivity index (χ4n) is 7.97. The molecule has 3 nitrogen and oxygen atoms in total. The van der Waals surface area contributed by atoms with Crippen molar-refractivity contribution in [2.24, 2.45) is 4.99 Å². The molecule has 0 fully saturated rings. The molecule has 1 N–H and O–H groups in total. The highest BCUT2D eigenvalue weighted by molar-refractivity contribution is 7.23. The summed E-state index contributed by atoms with van der Waals surface area (Å²) in [6, 6.07) is 37.9. The van der Waals surface area contributed by atoms with Gasteiger partial charge in [0.05, 0.1) is 22.4 Å². The number of nitrogens with zero attached hydrogens (tertiary/aromatic N) is 2. The molecule has 7 aromatic rings. The van der Waals surface area contributed by atoms with E-state index in [1.54, 1.807) is 0 Å². The van der Waals surface area contributed by atoms with Gasteiger partial charge in [-0.3, -0.25) is 0 Å². The summed E-state index contributed by atoms with van der Waals surface area (Å²) in [6.45, 7) is 0.820. The fraction of sp³-hybridized carbons (Fsp3) is 0.109. The van der Waals surface area contributed by atoms with E-state index in [1.807, 2.05) is 11.3 Å². The zero-order valence-corrected chi connectivity index (χ0v) is 28.5. The number of aromatic nitrogens is 1. The number of benzene rings is 5. The van der Waals surface area contributed by atoms with Gasteiger partial charge in [0.15, 0.2) is 0 Å². The zero-order chi connectivity index (χ0) is 33.0. The fourth-order valence-corrected chi connectivity index (χ4v) is 9.12. The molecule has 50 heavy (non-hydrogen) atoms. The lowest BCUT2D eigenvalue weighted by atomic mass is 9.90. The molecule has 0 radical (unpaired) electrons. The van der Waals surface area contributed by atoms with Crippen LogP contribution in [0.25, 0.3) is 65.1 Å². The van der Waals surface area contributed by atoms with Crippen molar-refractivity contribution in [3.05, 3.63) is 162 Å². The van der Waals surface area contributed by atoms with E-state index in [9.17, 15) is 0 Å². The molecule has 0 unspecified atom stereocenters. The number of thiophene rings is 1. The molecule has 0 atom stereocenters. The van der Waals surface area contributed by atoms with Gasteiger partial charge in [0, 0.05) is 33.8 Å². The van der Waals surface area contributed by atoms with E-state index in [0.717, 1.165) is 54.2 Å². The van der Waals surface area contributed by atoms with Gasteiger partial charge in [0.1, 0.15) is 5.00 Å². The third-order valence-electron chi connectivity index (χ3n) is 10.3. The Bertz CT molecular complexity index is 2690. The number of nitrogens with one attached hydrogen (secondary N) is 1. The minimum Gasteiger partial charge on any atom is -0.387 e. The maximum atomic E-state index is 5.68. The summed E-state index contributed by atoms with van der Waals surface area (Å²) in [5.41, 5.74) is 12.2. The summed E-state index contributed by atoms with van der Waals surface area (Å²) in [5.74, 6) is 0. The second kappa shape index (κ2) is 12.0. The average Bonchev–Trinajstić information content (AvgIpc) is 3.67. The molecular weight excluding hydrogens is 627 g/mol. The summed E-state index contributed by atoms with van der Waals surface area (Å²) in [6.07, 6.45) is 20.0. The van der Waals surface area contributed by atoms with E-state index in [-0.39, 0.29) is 0 Å². The maximum Gasteiger partial charge on any atom is 0.121 e. The Morgan fingerprint density at radius 1 is 0.640 bits per heavy atom. The molecule has 0 amide bonds. The predicted octanol–water partition coefficient (Wildman–Crippen LogP) is 12.2. The Hall–Kier alpha value is -5.71. The highest BCUT2D eigenvalue weighted by atomic mass is 32.1. The minimum absolute atomic E-state index is 0.820. The average molecular weight is 662 g/mol. The number of hydrogen-bond acceptors (Lipinski definition) is 3. The second-order valence-corrected chi connectivity index (χ2v) is 14.4. The number of rotatable bonds is 4. The van der Waals surface area contributed by atoms with Crippen molar-refractivity contribution in [2.45, 2.75) is 25.7 Å². The van der Waals surface area contributed by atoms with E-state index in [1.165, 1.54) is 70.5 Å². The van der Waals surface area contributed by atoms with E-state index in [0.29, 0.717) is 0 Å². The molecule has 240 valence electrons. The first kappa shape index (κ1) is 29.2. The Morgan fingerprint density at radius 3 is 2.30 bits per heavy atom. The maximum absolute atomic E-state index is 5.68. The van der Waals surface area contributed by atoms with Crippen molar-refractivity contribution in [2.75, 3.05) is 6.54 Å². The van der Waals surface area contributed by atoms with Crippen LogP contribution in [-0.4, -0.2) is 16.8 Å². The molecule has 0 saturated heterocycles. The summed E-state index contributed by atoms with van der Waals surface area (Å²) in [4.78, 5) is 5.68. The summed E-state index contributed by atoms with van der Waals surface area (Å²) >= 11 is 1.83. The molecule has 1 aliphatic carbocycles. The molecule has 0 spiro atoms. The van der Waals surface area contributed by atoms with Crippen LogP contribution >= 0.6 is 11.3 Å². The zero-order valence-electron chi connectivity index (χ0n) is 27.7. The standard InChI is InChI=1S/C46H35N3S/c1-3-13-30(14-4-1)37-27-40-36-21-11-23-42(49-41-22-10-9-20-35(41)39-25-32-17-7-8-18-33(32)26-43(39)49)45(34-19-12-24-47-29-34)48-46(36)50-44(40)28-38(37)31-15-5-2-6-16-31/h2-3,5-10,12-20,22-23,25-29,47H,1,4,11,21,24H2/b42-23+,48-45-. The van der Waals surface area contributed by atoms with Crippen molar-refractivity contribution in [3.63, 3.8) is 0 Å². The third kappa shape index (κ3) is 4.82. The van der Waals surface area contributed by atoms with Crippen LogP contribution in [0.15, 0.2) is 156 Å².